The van der Waals surface area contributed by atoms with Crippen molar-refractivity contribution >= 4 is 0 Å². The van der Waals surface area contributed by atoms with Gasteiger partial charge in [-0.1, -0.05) is 62.9 Å². The van der Waals surface area contributed by atoms with Crippen molar-refractivity contribution in [3.05, 3.63) is 35.9 Å². The van der Waals surface area contributed by atoms with Gasteiger partial charge in [0.15, 0.2) is 0 Å². The number of hydrogen-bond acceptors (Lipinski definition) is 1. The predicted octanol–water partition coefficient (Wildman–Crippen LogP) is 4.31. The average Bonchev–Trinajstić information content (AvgIpc) is 2.69. The zero-order valence-corrected chi connectivity index (χ0v) is 11.7. The van der Waals surface area contributed by atoms with Gasteiger partial charge in [-0.25, -0.2) is 0 Å². The number of benzene rings is 1. The molecule has 0 saturated heterocycles. The number of rotatable bonds is 4. The lowest BCUT2D eigenvalue weighted by atomic mass is 9.74. The minimum Gasteiger partial charge on any atom is -0.325 e. The second-order valence-electron chi connectivity index (χ2n) is 5.94. The summed E-state index contributed by atoms with van der Waals surface area (Å²) in [7, 11) is 0. The summed E-state index contributed by atoms with van der Waals surface area (Å²) >= 11 is 0. The topological polar surface area (TPSA) is 26.0 Å². The molecular weight excluding hydrogens is 218 g/mol. The molecule has 0 spiro atoms. The molecule has 1 aliphatic carbocycles. The third kappa shape index (κ3) is 3.35. The smallest absolute Gasteiger partial charge is 0.0221 e. The van der Waals surface area contributed by atoms with Crippen molar-refractivity contribution in [1.82, 2.24) is 0 Å². The number of nitrogens with two attached hydrogens (primary N) is 1. The highest BCUT2D eigenvalue weighted by molar-refractivity contribution is 5.18. The van der Waals surface area contributed by atoms with E-state index >= 15 is 0 Å². The molecule has 2 rings (SSSR count). The third-order valence-corrected chi connectivity index (χ3v) is 4.70. The molecule has 0 aliphatic heterocycles. The van der Waals surface area contributed by atoms with Crippen LogP contribution in [0.4, 0.5) is 0 Å². The van der Waals surface area contributed by atoms with Crippen LogP contribution >= 0.6 is 0 Å². The molecule has 18 heavy (non-hydrogen) atoms. The Bertz CT molecular complexity index is 338. The highest BCUT2D eigenvalue weighted by Crippen LogP contribution is 2.34. The Hall–Kier alpha value is -0.820. The summed E-state index contributed by atoms with van der Waals surface area (Å²) < 4.78 is 0. The van der Waals surface area contributed by atoms with E-state index in [1.807, 2.05) is 0 Å². The summed E-state index contributed by atoms with van der Waals surface area (Å²) in [6.07, 6.45) is 10.3. The molecule has 0 aromatic heterocycles. The molecule has 1 nitrogen and oxygen atoms in total. The molecule has 0 heterocycles. The normalized spacial score (nSPS) is 21.2. The molecule has 1 fully saturated rings. The minimum atomic E-state index is 0.00565. The van der Waals surface area contributed by atoms with Gasteiger partial charge in [0.2, 0.25) is 0 Å². The lowest BCUT2D eigenvalue weighted by Gasteiger charge is -2.37. The maximum atomic E-state index is 6.77. The summed E-state index contributed by atoms with van der Waals surface area (Å²) in [5, 5.41) is 0. The Kier molecular flexibility index (Phi) is 4.82. The molecule has 1 heteroatoms. The maximum absolute atomic E-state index is 6.77. The summed E-state index contributed by atoms with van der Waals surface area (Å²) in [6, 6.07) is 10.8. The SMILES string of the molecule is CCC(N)(Cc1ccccc1)C1CCCCCC1. The van der Waals surface area contributed by atoms with Crippen LogP contribution in [0.15, 0.2) is 30.3 Å². The zero-order chi connectivity index (χ0) is 12.8. The largest absolute Gasteiger partial charge is 0.325 e. The second-order valence-corrected chi connectivity index (χ2v) is 5.94. The summed E-state index contributed by atoms with van der Waals surface area (Å²) in [6.45, 7) is 2.26. The summed E-state index contributed by atoms with van der Waals surface area (Å²) in [5.41, 5.74) is 8.17. The first-order valence-electron chi connectivity index (χ1n) is 7.57. The van der Waals surface area contributed by atoms with Gasteiger partial charge in [0.05, 0.1) is 0 Å². The molecule has 1 unspecified atom stereocenters. The van der Waals surface area contributed by atoms with Crippen LogP contribution in [0.2, 0.25) is 0 Å². The zero-order valence-electron chi connectivity index (χ0n) is 11.7. The van der Waals surface area contributed by atoms with E-state index in [0.29, 0.717) is 5.92 Å². The molecule has 0 bridgehead atoms. The Morgan fingerprint density at radius 1 is 1.06 bits per heavy atom. The van der Waals surface area contributed by atoms with E-state index in [4.69, 9.17) is 5.73 Å². The summed E-state index contributed by atoms with van der Waals surface area (Å²) in [5.74, 6) is 0.713. The molecule has 1 saturated carbocycles. The standard InChI is InChI=1S/C17H27N/c1-2-17(18,14-15-10-6-5-7-11-15)16-12-8-3-4-9-13-16/h5-7,10-11,16H,2-4,8-9,12-14,18H2,1H3. The van der Waals surface area contributed by atoms with Crippen molar-refractivity contribution in [2.45, 2.75) is 63.8 Å². The molecule has 0 amide bonds. The van der Waals surface area contributed by atoms with Crippen molar-refractivity contribution in [3.63, 3.8) is 0 Å². The van der Waals surface area contributed by atoms with Gasteiger partial charge in [0, 0.05) is 5.54 Å². The van der Waals surface area contributed by atoms with Crippen LogP contribution in [0.3, 0.4) is 0 Å². The van der Waals surface area contributed by atoms with Crippen LogP contribution in [0.5, 0.6) is 0 Å². The highest BCUT2D eigenvalue weighted by Gasteiger charge is 2.33. The molecule has 2 N–H and O–H groups in total. The monoisotopic (exact) mass is 245 g/mol. The van der Waals surface area contributed by atoms with E-state index < -0.39 is 0 Å². The van der Waals surface area contributed by atoms with E-state index in [2.05, 4.69) is 37.3 Å². The first-order chi connectivity index (χ1) is 8.74. The van der Waals surface area contributed by atoms with Gasteiger partial charge in [0.25, 0.3) is 0 Å². The Balaban J connectivity index is 2.08. The van der Waals surface area contributed by atoms with Crippen molar-refractivity contribution in [2.24, 2.45) is 11.7 Å². The lowest BCUT2D eigenvalue weighted by molar-refractivity contribution is 0.232. The van der Waals surface area contributed by atoms with E-state index in [1.54, 1.807) is 0 Å². The first kappa shape index (κ1) is 13.6. The Morgan fingerprint density at radius 2 is 1.67 bits per heavy atom. The minimum absolute atomic E-state index is 0.00565. The van der Waals surface area contributed by atoms with Crippen LogP contribution in [-0.2, 0) is 6.42 Å². The fourth-order valence-corrected chi connectivity index (χ4v) is 3.39. The summed E-state index contributed by atoms with van der Waals surface area (Å²) in [4.78, 5) is 0. The molecule has 1 atom stereocenters. The quantitative estimate of drug-likeness (QED) is 0.786. The van der Waals surface area contributed by atoms with Crippen molar-refractivity contribution in [2.75, 3.05) is 0 Å². The van der Waals surface area contributed by atoms with Gasteiger partial charge in [0.1, 0.15) is 0 Å². The Morgan fingerprint density at radius 3 is 2.22 bits per heavy atom. The first-order valence-corrected chi connectivity index (χ1v) is 7.57. The van der Waals surface area contributed by atoms with E-state index in [9.17, 15) is 0 Å². The van der Waals surface area contributed by atoms with E-state index in [0.717, 1.165) is 12.8 Å². The van der Waals surface area contributed by atoms with Crippen molar-refractivity contribution in [3.8, 4) is 0 Å². The molecule has 0 radical (unpaired) electrons. The van der Waals surface area contributed by atoms with Crippen LogP contribution in [0.25, 0.3) is 0 Å². The molecule has 100 valence electrons. The van der Waals surface area contributed by atoms with Crippen molar-refractivity contribution < 1.29 is 0 Å². The van der Waals surface area contributed by atoms with Gasteiger partial charge >= 0.3 is 0 Å². The Labute approximate surface area is 112 Å². The second kappa shape index (κ2) is 6.38. The fraction of sp³-hybridized carbons (Fsp3) is 0.647. The fourth-order valence-electron chi connectivity index (χ4n) is 3.39. The molecule has 1 aromatic carbocycles. The van der Waals surface area contributed by atoms with Crippen molar-refractivity contribution in [1.29, 1.82) is 0 Å². The highest BCUT2D eigenvalue weighted by atomic mass is 14.8. The van der Waals surface area contributed by atoms with Gasteiger partial charge in [-0.05, 0) is 37.2 Å². The average molecular weight is 245 g/mol. The maximum Gasteiger partial charge on any atom is 0.0221 e. The lowest BCUT2D eigenvalue weighted by Crippen LogP contribution is -2.48. The van der Waals surface area contributed by atoms with Gasteiger partial charge in [-0.15, -0.1) is 0 Å². The van der Waals surface area contributed by atoms with Gasteiger partial charge in [-0.3, -0.25) is 0 Å². The van der Waals surface area contributed by atoms with Crippen LogP contribution in [0.1, 0.15) is 57.4 Å². The van der Waals surface area contributed by atoms with E-state index in [-0.39, 0.29) is 5.54 Å². The molecule has 1 aromatic rings. The van der Waals surface area contributed by atoms with Crippen LogP contribution in [0, 0.1) is 5.92 Å². The third-order valence-electron chi connectivity index (χ3n) is 4.70. The van der Waals surface area contributed by atoms with Crippen LogP contribution in [-0.4, -0.2) is 5.54 Å². The van der Waals surface area contributed by atoms with Gasteiger partial charge < -0.3 is 5.73 Å². The molecule has 1 aliphatic rings. The van der Waals surface area contributed by atoms with Crippen LogP contribution < -0.4 is 5.73 Å². The number of hydrogen-bond donors (Lipinski definition) is 1. The predicted molar refractivity (Wildman–Crippen MR) is 78.5 cm³/mol. The van der Waals surface area contributed by atoms with E-state index in [1.165, 1.54) is 44.1 Å². The van der Waals surface area contributed by atoms with Gasteiger partial charge in [-0.2, -0.15) is 0 Å². The molecular formula is C17H27N.